The molecule has 0 amide bonds. The Bertz CT molecular complexity index is 434. The molecule has 20 heavy (non-hydrogen) atoms. The number of anilines is 1. The first-order valence-electron chi connectivity index (χ1n) is 7.65. The van der Waals surface area contributed by atoms with Crippen molar-refractivity contribution in [1.29, 1.82) is 0 Å². The van der Waals surface area contributed by atoms with Crippen molar-refractivity contribution in [2.45, 2.75) is 19.8 Å². The summed E-state index contributed by atoms with van der Waals surface area (Å²) in [5.74, 6) is 1.78. The van der Waals surface area contributed by atoms with Crippen LogP contribution in [0, 0.1) is 12.8 Å². The van der Waals surface area contributed by atoms with Crippen LogP contribution in [-0.4, -0.2) is 61.0 Å². The summed E-state index contributed by atoms with van der Waals surface area (Å²) in [5, 5.41) is 8.37. The summed E-state index contributed by atoms with van der Waals surface area (Å²) >= 11 is 0. The van der Waals surface area contributed by atoms with E-state index in [9.17, 15) is 0 Å². The van der Waals surface area contributed by atoms with Gasteiger partial charge >= 0.3 is 0 Å². The second-order valence-electron chi connectivity index (χ2n) is 5.96. The summed E-state index contributed by atoms with van der Waals surface area (Å²) in [5.41, 5.74) is 1.19. The van der Waals surface area contributed by atoms with Gasteiger partial charge in [-0.25, -0.2) is 0 Å². The van der Waals surface area contributed by atoms with Gasteiger partial charge in [-0.3, -0.25) is 4.90 Å². The van der Waals surface area contributed by atoms with Gasteiger partial charge in [0.2, 0.25) is 0 Å². The van der Waals surface area contributed by atoms with Crippen molar-refractivity contribution >= 4 is 5.82 Å². The summed E-state index contributed by atoms with van der Waals surface area (Å²) in [6, 6.07) is 2.14. The van der Waals surface area contributed by atoms with Crippen LogP contribution < -0.4 is 4.90 Å². The van der Waals surface area contributed by atoms with E-state index < -0.39 is 0 Å². The summed E-state index contributed by atoms with van der Waals surface area (Å²) in [6.07, 6.45) is 4.40. The van der Waals surface area contributed by atoms with E-state index in [2.05, 4.69) is 33.0 Å². The third-order valence-electron chi connectivity index (χ3n) is 4.24. The Morgan fingerprint density at radius 3 is 2.95 bits per heavy atom. The van der Waals surface area contributed by atoms with E-state index in [4.69, 9.17) is 4.74 Å². The van der Waals surface area contributed by atoms with Gasteiger partial charge in [0, 0.05) is 32.7 Å². The lowest BCUT2D eigenvalue weighted by molar-refractivity contribution is 0.0296. The average Bonchev–Trinajstić information content (AvgIpc) is 2.49. The van der Waals surface area contributed by atoms with Gasteiger partial charge in [0.25, 0.3) is 0 Å². The Morgan fingerprint density at radius 1 is 1.30 bits per heavy atom. The first-order chi connectivity index (χ1) is 9.81. The molecule has 3 rings (SSSR count). The fourth-order valence-corrected chi connectivity index (χ4v) is 3.17. The van der Waals surface area contributed by atoms with Gasteiger partial charge in [-0.2, -0.15) is 5.10 Å². The summed E-state index contributed by atoms with van der Waals surface area (Å²) in [7, 11) is 0. The van der Waals surface area contributed by atoms with Crippen molar-refractivity contribution in [3.8, 4) is 0 Å². The predicted molar refractivity (Wildman–Crippen MR) is 79.0 cm³/mol. The molecule has 0 aliphatic carbocycles. The third-order valence-corrected chi connectivity index (χ3v) is 4.24. The highest BCUT2D eigenvalue weighted by atomic mass is 16.5. The third kappa shape index (κ3) is 3.46. The zero-order chi connectivity index (χ0) is 13.8. The molecule has 0 saturated carbocycles. The highest BCUT2D eigenvalue weighted by Crippen LogP contribution is 2.22. The largest absolute Gasteiger partial charge is 0.379 e. The van der Waals surface area contributed by atoms with E-state index in [1.807, 2.05) is 6.20 Å². The molecular weight excluding hydrogens is 252 g/mol. The molecule has 0 radical (unpaired) electrons. The van der Waals surface area contributed by atoms with E-state index in [1.54, 1.807) is 0 Å². The van der Waals surface area contributed by atoms with Crippen LogP contribution in [-0.2, 0) is 4.74 Å². The van der Waals surface area contributed by atoms with Gasteiger partial charge in [0.05, 0.1) is 19.4 Å². The number of hydrogen-bond donors (Lipinski definition) is 0. The second kappa shape index (κ2) is 6.50. The smallest absolute Gasteiger partial charge is 0.151 e. The van der Waals surface area contributed by atoms with Gasteiger partial charge in [0.15, 0.2) is 5.82 Å². The molecule has 0 aromatic carbocycles. The summed E-state index contributed by atoms with van der Waals surface area (Å²) < 4.78 is 5.42. The number of hydrogen-bond acceptors (Lipinski definition) is 5. The Hall–Kier alpha value is -1.20. The summed E-state index contributed by atoms with van der Waals surface area (Å²) in [4.78, 5) is 4.94. The van der Waals surface area contributed by atoms with Crippen LogP contribution in [0.15, 0.2) is 12.3 Å². The number of aryl methyl sites for hydroxylation is 1. The SMILES string of the molecule is Cc1cnnc(N2CCC[C@H](CN3CCOCC3)C2)c1. The lowest BCUT2D eigenvalue weighted by Gasteiger charge is -2.37. The van der Waals surface area contributed by atoms with Crippen molar-refractivity contribution in [2.75, 3.05) is 50.8 Å². The summed E-state index contributed by atoms with van der Waals surface area (Å²) in [6.45, 7) is 9.43. The van der Waals surface area contributed by atoms with E-state index >= 15 is 0 Å². The van der Waals surface area contributed by atoms with Crippen LogP contribution in [0.3, 0.4) is 0 Å². The molecular formula is C15H24N4O. The van der Waals surface area contributed by atoms with Crippen molar-refractivity contribution < 1.29 is 4.74 Å². The molecule has 2 fully saturated rings. The zero-order valence-electron chi connectivity index (χ0n) is 12.3. The van der Waals surface area contributed by atoms with Crippen molar-refractivity contribution in [3.63, 3.8) is 0 Å². The van der Waals surface area contributed by atoms with Crippen molar-refractivity contribution in [3.05, 3.63) is 17.8 Å². The first kappa shape index (κ1) is 13.8. The molecule has 2 aliphatic heterocycles. The Balaban J connectivity index is 1.58. The van der Waals surface area contributed by atoms with Crippen LogP contribution in [0.2, 0.25) is 0 Å². The van der Waals surface area contributed by atoms with Crippen molar-refractivity contribution in [1.82, 2.24) is 15.1 Å². The molecule has 1 aromatic rings. The van der Waals surface area contributed by atoms with Crippen LogP contribution in [0.4, 0.5) is 5.82 Å². The van der Waals surface area contributed by atoms with Crippen molar-refractivity contribution in [2.24, 2.45) is 5.92 Å². The number of piperidine rings is 1. The lowest BCUT2D eigenvalue weighted by atomic mass is 9.97. The maximum Gasteiger partial charge on any atom is 0.151 e. The number of rotatable bonds is 3. The van der Waals surface area contributed by atoms with Crippen LogP contribution >= 0.6 is 0 Å². The van der Waals surface area contributed by atoms with E-state index in [-0.39, 0.29) is 0 Å². The molecule has 1 atom stereocenters. The molecule has 0 bridgehead atoms. The number of aromatic nitrogens is 2. The molecule has 5 nitrogen and oxygen atoms in total. The van der Waals surface area contributed by atoms with E-state index in [0.29, 0.717) is 0 Å². The van der Waals surface area contributed by atoms with E-state index in [0.717, 1.165) is 51.1 Å². The fraction of sp³-hybridized carbons (Fsp3) is 0.733. The molecule has 0 N–H and O–H groups in total. The molecule has 2 aliphatic rings. The minimum Gasteiger partial charge on any atom is -0.379 e. The Labute approximate surface area is 120 Å². The molecule has 0 unspecified atom stereocenters. The van der Waals surface area contributed by atoms with E-state index in [1.165, 1.54) is 24.9 Å². The molecule has 1 aromatic heterocycles. The first-order valence-corrected chi connectivity index (χ1v) is 7.65. The fourth-order valence-electron chi connectivity index (χ4n) is 3.17. The monoisotopic (exact) mass is 276 g/mol. The van der Waals surface area contributed by atoms with Crippen LogP contribution in [0.5, 0.6) is 0 Å². The molecule has 2 saturated heterocycles. The van der Waals surface area contributed by atoms with Crippen LogP contribution in [0.25, 0.3) is 0 Å². The van der Waals surface area contributed by atoms with Crippen LogP contribution in [0.1, 0.15) is 18.4 Å². The number of nitrogens with zero attached hydrogens (tertiary/aromatic N) is 4. The number of morpholine rings is 1. The quantitative estimate of drug-likeness (QED) is 0.833. The van der Waals surface area contributed by atoms with Gasteiger partial charge in [-0.05, 0) is 37.3 Å². The Kier molecular flexibility index (Phi) is 4.47. The maximum atomic E-state index is 5.42. The number of ether oxygens (including phenoxy) is 1. The topological polar surface area (TPSA) is 41.5 Å². The minimum atomic E-state index is 0.740. The highest BCUT2D eigenvalue weighted by molar-refractivity contribution is 5.39. The average molecular weight is 276 g/mol. The van der Waals surface area contributed by atoms with Gasteiger partial charge in [-0.15, -0.1) is 5.10 Å². The predicted octanol–water partition coefficient (Wildman–Crippen LogP) is 1.33. The second-order valence-corrected chi connectivity index (χ2v) is 5.96. The molecule has 3 heterocycles. The Morgan fingerprint density at radius 2 is 2.15 bits per heavy atom. The lowest BCUT2D eigenvalue weighted by Crippen LogP contribution is -2.44. The van der Waals surface area contributed by atoms with Gasteiger partial charge in [-0.1, -0.05) is 0 Å². The normalized spacial score (nSPS) is 24.9. The highest BCUT2D eigenvalue weighted by Gasteiger charge is 2.24. The minimum absolute atomic E-state index is 0.740. The molecule has 110 valence electrons. The maximum absolute atomic E-state index is 5.42. The standard InChI is InChI=1S/C15H24N4O/c1-13-9-15(17-16-10-13)19-4-2-3-14(12-19)11-18-5-7-20-8-6-18/h9-10,14H,2-8,11-12H2,1H3/t14-/m1/s1. The van der Waals surface area contributed by atoms with Gasteiger partial charge in [0.1, 0.15) is 0 Å². The molecule has 0 spiro atoms. The van der Waals surface area contributed by atoms with Gasteiger partial charge < -0.3 is 9.64 Å². The zero-order valence-corrected chi connectivity index (χ0v) is 12.3. The molecule has 5 heteroatoms.